The van der Waals surface area contributed by atoms with Crippen LogP contribution in [0.1, 0.15) is 29.4 Å². The van der Waals surface area contributed by atoms with Crippen molar-refractivity contribution in [2.24, 2.45) is 0 Å². The first kappa shape index (κ1) is 17.9. The van der Waals surface area contributed by atoms with Gasteiger partial charge in [-0.3, -0.25) is 9.78 Å². The minimum atomic E-state index is -0.0706. The van der Waals surface area contributed by atoms with E-state index in [1.54, 1.807) is 18.7 Å². The van der Waals surface area contributed by atoms with E-state index in [9.17, 15) is 4.79 Å². The molecule has 2 fully saturated rings. The molecule has 5 heterocycles. The lowest BCUT2D eigenvalue weighted by molar-refractivity contribution is 0.0685. The molecule has 0 N–H and O–H groups in total. The first-order chi connectivity index (χ1) is 14.3. The molecule has 2 saturated heterocycles. The molecule has 0 saturated carbocycles. The maximum absolute atomic E-state index is 12.6. The normalized spacial score (nSPS) is 18.3. The highest BCUT2D eigenvalue weighted by Crippen LogP contribution is 2.29. The van der Waals surface area contributed by atoms with Gasteiger partial charge in [0.2, 0.25) is 0 Å². The van der Waals surface area contributed by atoms with Crippen molar-refractivity contribution in [3.05, 3.63) is 36.8 Å². The molecule has 3 aromatic heterocycles. The van der Waals surface area contributed by atoms with Gasteiger partial charge in [0.1, 0.15) is 17.8 Å². The smallest absolute Gasteiger partial charge is 0.274 e. The monoisotopic (exact) mass is 394 g/mol. The van der Waals surface area contributed by atoms with Crippen molar-refractivity contribution in [1.29, 1.82) is 0 Å². The fourth-order valence-electron chi connectivity index (χ4n) is 4.03. The highest BCUT2D eigenvalue weighted by molar-refractivity contribution is 5.92. The second kappa shape index (κ2) is 7.70. The Hall–Kier alpha value is -3.14. The molecule has 1 amide bonds. The van der Waals surface area contributed by atoms with E-state index in [2.05, 4.69) is 29.9 Å². The van der Waals surface area contributed by atoms with Crippen molar-refractivity contribution in [1.82, 2.24) is 34.6 Å². The highest BCUT2D eigenvalue weighted by atomic mass is 16.5. The average molecular weight is 394 g/mol. The minimum Gasteiger partial charge on any atom is -0.378 e. The molecule has 0 spiro atoms. The SMILES string of the molecule is O=C(c1cnccn1)N1CCC(n2ncc3c(N4CCOCC4)ncnc32)CC1. The summed E-state index contributed by atoms with van der Waals surface area (Å²) in [5.74, 6) is 0.846. The van der Waals surface area contributed by atoms with Gasteiger partial charge in [0.05, 0.1) is 37.0 Å². The summed E-state index contributed by atoms with van der Waals surface area (Å²) in [7, 11) is 0. The quantitative estimate of drug-likeness (QED) is 0.647. The molecule has 0 aliphatic carbocycles. The van der Waals surface area contributed by atoms with E-state index in [-0.39, 0.29) is 11.9 Å². The molecule has 2 aliphatic rings. The van der Waals surface area contributed by atoms with Gasteiger partial charge < -0.3 is 14.5 Å². The second-order valence-electron chi connectivity index (χ2n) is 7.24. The molecule has 0 aromatic carbocycles. The Balaban J connectivity index is 1.33. The van der Waals surface area contributed by atoms with Crippen LogP contribution in [0, 0.1) is 0 Å². The summed E-state index contributed by atoms with van der Waals surface area (Å²) < 4.78 is 7.44. The zero-order valence-corrected chi connectivity index (χ0v) is 16.0. The zero-order chi connectivity index (χ0) is 19.6. The van der Waals surface area contributed by atoms with E-state index in [1.165, 1.54) is 6.20 Å². The van der Waals surface area contributed by atoms with Gasteiger partial charge >= 0.3 is 0 Å². The number of rotatable bonds is 3. The Labute approximate surface area is 167 Å². The summed E-state index contributed by atoms with van der Waals surface area (Å²) in [6.07, 6.45) is 9.73. The van der Waals surface area contributed by atoms with Crippen LogP contribution in [0.5, 0.6) is 0 Å². The first-order valence-corrected chi connectivity index (χ1v) is 9.87. The molecular weight excluding hydrogens is 372 g/mol. The Kier molecular flexibility index (Phi) is 4.76. The molecule has 0 atom stereocenters. The Morgan fingerprint density at radius 1 is 1.00 bits per heavy atom. The molecule has 29 heavy (non-hydrogen) atoms. The van der Waals surface area contributed by atoms with Crippen molar-refractivity contribution in [3.63, 3.8) is 0 Å². The van der Waals surface area contributed by atoms with E-state index in [0.29, 0.717) is 32.0 Å². The predicted octanol–water partition coefficient (Wildman–Crippen LogP) is 0.930. The number of piperidine rings is 1. The fraction of sp³-hybridized carbons (Fsp3) is 0.474. The van der Waals surface area contributed by atoms with Crippen LogP contribution in [0.25, 0.3) is 11.0 Å². The lowest BCUT2D eigenvalue weighted by atomic mass is 10.0. The molecule has 3 aromatic rings. The summed E-state index contributed by atoms with van der Waals surface area (Å²) >= 11 is 0. The lowest BCUT2D eigenvalue weighted by Gasteiger charge is -2.32. The maximum atomic E-state index is 12.6. The summed E-state index contributed by atoms with van der Waals surface area (Å²) in [5.41, 5.74) is 1.23. The summed E-state index contributed by atoms with van der Waals surface area (Å²) in [4.78, 5) is 33.8. The number of likely N-dealkylation sites (tertiary alicyclic amines) is 1. The van der Waals surface area contributed by atoms with Crippen LogP contribution in [0.4, 0.5) is 5.82 Å². The van der Waals surface area contributed by atoms with E-state index >= 15 is 0 Å². The average Bonchev–Trinajstić information content (AvgIpc) is 3.24. The number of carbonyl (C=O) groups is 1. The Morgan fingerprint density at radius 2 is 1.83 bits per heavy atom. The number of anilines is 1. The maximum Gasteiger partial charge on any atom is 0.274 e. The van der Waals surface area contributed by atoms with E-state index in [4.69, 9.17) is 4.74 Å². The standard InChI is InChI=1S/C19H22N8O2/c28-19(16-12-20-3-4-21-16)26-5-1-14(2-6-26)27-18-15(11-24-27)17(22-13-23-18)25-7-9-29-10-8-25/h3-4,11-14H,1-2,5-10H2. The van der Waals surface area contributed by atoms with E-state index in [1.807, 2.05) is 15.8 Å². The van der Waals surface area contributed by atoms with Crippen LogP contribution < -0.4 is 4.90 Å². The number of aromatic nitrogens is 6. The Bertz CT molecular complexity index is 994. The summed E-state index contributed by atoms with van der Waals surface area (Å²) in [6.45, 7) is 4.36. The molecule has 10 nitrogen and oxygen atoms in total. The Morgan fingerprint density at radius 3 is 2.59 bits per heavy atom. The fourth-order valence-corrected chi connectivity index (χ4v) is 4.03. The van der Waals surface area contributed by atoms with Crippen LogP contribution in [0.15, 0.2) is 31.1 Å². The number of hydrogen-bond acceptors (Lipinski definition) is 8. The summed E-state index contributed by atoms with van der Waals surface area (Å²) in [5, 5.41) is 5.60. The van der Waals surface area contributed by atoms with Gasteiger partial charge in [-0.2, -0.15) is 5.10 Å². The zero-order valence-electron chi connectivity index (χ0n) is 16.0. The number of ether oxygens (including phenoxy) is 1. The third-order valence-electron chi connectivity index (χ3n) is 5.56. The van der Waals surface area contributed by atoms with E-state index in [0.717, 1.165) is 42.8 Å². The van der Waals surface area contributed by atoms with Gasteiger partial charge in [0.25, 0.3) is 5.91 Å². The topological polar surface area (TPSA) is 102 Å². The van der Waals surface area contributed by atoms with Crippen LogP contribution in [-0.2, 0) is 4.74 Å². The number of nitrogens with zero attached hydrogens (tertiary/aromatic N) is 8. The van der Waals surface area contributed by atoms with Crippen molar-refractivity contribution in [2.45, 2.75) is 18.9 Å². The van der Waals surface area contributed by atoms with Crippen molar-refractivity contribution >= 4 is 22.8 Å². The van der Waals surface area contributed by atoms with Crippen molar-refractivity contribution in [3.8, 4) is 0 Å². The van der Waals surface area contributed by atoms with Crippen LogP contribution in [0.3, 0.4) is 0 Å². The van der Waals surface area contributed by atoms with Gasteiger partial charge in [-0.15, -0.1) is 0 Å². The predicted molar refractivity (Wildman–Crippen MR) is 105 cm³/mol. The lowest BCUT2D eigenvalue weighted by Crippen LogP contribution is -2.39. The third kappa shape index (κ3) is 3.39. The highest BCUT2D eigenvalue weighted by Gasteiger charge is 2.27. The van der Waals surface area contributed by atoms with Gasteiger partial charge in [-0.25, -0.2) is 19.6 Å². The van der Waals surface area contributed by atoms with Crippen LogP contribution in [-0.4, -0.2) is 79.9 Å². The van der Waals surface area contributed by atoms with Gasteiger partial charge in [-0.1, -0.05) is 0 Å². The largest absolute Gasteiger partial charge is 0.378 e. The molecule has 0 radical (unpaired) electrons. The van der Waals surface area contributed by atoms with Crippen molar-refractivity contribution in [2.75, 3.05) is 44.3 Å². The number of morpholine rings is 1. The number of hydrogen-bond donors (Lipinski definition) is 0. The van der Waals surface area contributed by atoms with Crippen molar-refractivity contribution < 1.29 is 9.53 Å². The van der Waals surface area contributed by atoms with Gasteiger partial charge in [-0.05, 0) is 12.8 Å². The molecule has 0 unspecified atom stereocenters. The first-order valence-electron chi connectivity index (χ1n) is 9.87. The third-order valence-corrected chi connectivity index (χ3v) is 5.56. The number of amides is 1. The summed E-state index contributed by atoms with van der Waals surface area (Å²) in [6, 6.07) is 0.200. The minimum absolute atomic E-state index is 0.0706. The van der Waals surface area contributed by atoms with Crippen LogP contribution in [0.2, 0.25) is 0 Å². The van der Waals surface area contributed by atoms with Crippen LogP contribution >= 0.6 is 0 Å². The molecular formula is C19H22N8O2. The van der Waals surface area contributed by atoms with E-state index < -0.39 is 0 Å². The molecule has 5 rings (SSSR count). The molecule has 0 bridgehead atoms. The van der Waals surface area contributed by atoms with Gasteiger partial charge in [0.15, 0.2) is 5.65 Å². The molecule has 150 valence electrons. The molecule has 10 heteroatoms. The second-order valence-corrected chi connectivity index (χ2v) is 7.24. The number of carbonyl (C=O) groups excluding carboxylic acids is 1. The van der Waals surface area contributed by atoms with Gasteiger partial charge in [0, 0.05) is 38.6 Å². The number of fused-ring (bicyclic) bond motifs is 1. The molecule has 2 aliphatic heterocycles.